The van der Waals surface area contributed by atoms with Gasteiger partial charge < -0.3 is 9.32 Å². The van der Waals surface area contributed by atoms with Crippen molar-refractivity contribution in [1.82, 2.24) is 0 Å². The van der Waals surface area contributed by atoms with Gasteiger partial charge in [-0.25, -0.2) is 0 Å². The average Bonchev–Trinajstić information content (AvgIpc) is 3.82. The molecule has 9 aromatic carbocycles. The Morgan fingerprint density at radius 1 is 0.373 bits per heavy atom. The van der Waals surface area contributed by atoms with E-state index in [0.717, 1.165) is 21.9 Å². The van der Waals surface area contributed by atoms with Gasteiger partial charge >= 0.3 is 0 Å². The molecule has 0 atom stereocenters. The van der Waals surface area contributed by atoms with Crippen LogP contribution in [-0.4, -0.2) is 0 Å². The summed E-state index contributed by atoms with van der Waals surface area (Å²) in [5.74, 6) is 0.152. The molecule has 16 rings (SSSR count). The number of benzene rings is 9. The first-order valence-electron chi connectivity index (χ1n) is 20.8. The third-order valence-electron chi connectivity index (χ3n) is 14.7. The predicted molar refractivity (Wildman–Crippen MR) is 238 cm³/mol. The molecule has 2 spiro atoms. The van der Waals surface area contributed by atoms with Crippen molar-refractivity contribution in [2.75, 3.05) is 4.90 Å². The third-order valence-corrected chi connectivity index (χ3v) is 14.7. The normalized spacial score (nSPS) is 18.5. The first-order valence-corrected chi connectivity index (χ1v) is 20.8. The maximum Gasteiger partial charge on any atom is 0.137 e. The van der Waals surface area contributed by atoms with E-state index >= 15 is 0 Å². The Hall–Kier alpha value is -7.42. The van der Waals surface area contributed by atoms with E-state index in [-0.39, 0.29) is 5.92 Å². The number of hydrogen-bond acceptors (Lipinski definition) is 2. The van der Waals surface area contributed by atoms with Crippen LogP contribution in [-0.2, 0) is 10.8 Å². The monoisotopic (exact) mass is 747 g/mol. The summed E-state index contributed by atoms with van der Waals surface area (Å²) in [5.41, 5.74) is 24.4. The van der Waals surface area contributed by atoms with Crippen molar-refractivity contribution in [2.24, 2.45) is 0 Å². The van der Waals surface area contributed by atoms with Crippen LogP contribution < -0.4 is 4.90 Å². The lowest BCUT2D eigenvalue weighted by molar-refractivity contribution is 0.615. The molecule has 0 unspecified atom stereocenters. The van der Waals surface area contributed by atoms with Crippen LogP contribution >= 0.6 is 0 Å². The van der Waals surface area contributed by atoms with Gasteiger partial charge in [0.15, 0.2) is 0 Å². The molecule has 0 fully saturated rings. The van der Waals surface area contributed by atoms with E-state index in [1.165, 1.54) is 101 Å². The second kappa shape index (κ2) is 10.4. The molecular formula is C57H33NO. The number of rotatable bonds is 1. The molecule has 0 N–H and O–H groups in total. The lowest BCUT2D eigenvalue weighted by Gasteiger charge is -2.58. The Bertz CT molecular complexity index is 3440. The fourth-order valence-corrected chi connectivity index (χ4v) is 12.7. The van der Waals surface area contributed by atoms with Gasteiger partial charge in [0.05, 0.1) is 27.9 Å². The van der Waals surface area contributed by atoms with Gasteiger partial charge in [-0.2, -0.15) is 0 Å². The van der Waals surface area contributed by atoms with E-state index in [4.69, 9.17) is 4.42 Å². The van der Waals surface area contributed by atoms with Crippen LogP contribution in [0, 0.1) is 0 Å². The lowest BCUT2D eigenvalue weighted by atomic mass is 9.48. The second-order valence-electron chi connectivity index (χ2n) is 17.0. The molecule has 0 radical (unpaired) electrons. The van der Waals surface area contributed by atoms with Crippen molar-refractivity contribution in [2.45, 2.75) is 16.7 Å². The van der Waals surface area contributed by atoms with Crippen LogP contribution in [0.3, 0.4) is 0 Å². The standard InChI is InChI=1S/C57H33NO/c1-2-15-33(16-3-1)34-29-47-55-48(30-34)57-44-25-11-6-20-38(44)53(39-21-7-12-26-45(39)57)40-22-14-27-49(54(40)57)58(55)50-32-52-41(37-19-8-13-28-51(37)59-52)31-46(50)56(47)42-23-9-4-17-35(42)36-18-5-10-24-43(36)56/h1-32,53H. The van der Waals surface area contributed by atoms with E-state index in [9.17, 15) is 0 Å². The summed E-state index contributed by atoms with van der Waals surface area (Å²) in [6.45, 7) is 0. The van der Waals surface area contributed by atoms with Gasteiger partial charge in [0.2, 0.25) is 0 Å². The number of para-hydroxylation sites is 1. The highest BCUT2D eigenvalue weighted by molar-refractivity contribution is 6.10. The van der Waals surface area contributed by atoms with Gasteiger partial charge in [-0.3, -0.25) is 0 Å². The minimum atomic E-state index is -0.628. The topological polar surface area (TPSA) is 16.4 Å². The van der Waals surface area contributed by atoms with Crippen LogP contribution in [0.4, 0.5) is 17.1 Å². The largest absolute Gasteiger partial charge is 0.456 e. The van der Waals surface area contributed by atoms with Crippen molar-refractivity contribution in [3.63, 3.8) is 0 Å². The predicted octanol–water partition coefficient (Wildman–Crippen LogP) is 13.9. The molecule has 1 aromatic heterocycles. The molecule has 0 saturated carbocycles. The van der Waals surface area contributed by atoms with Crippen LogP contribution in [0.15, 0.2) is 199 Å². The van der Waals surface area contributed by atoms with Gasteiger partial charge in [-0.05, 0) is 114 Å². The summed E-state index contributed by atoms with van der Waals surface area (Å²) in [6.07, 6.45) is 0. The van der Waals surface area contributed by atoms with Crippen LogP contribution in [0.5, 0.6) is 0 Å². The smallest absolute Gasteiger partial charge is 0.137 e. The third kappa shape index (κ3) is 3.32. The van der Waals surface area contributed by atoms with Crippen molar-refractivity contribution < 1.29 is 4.42 Å². The molecule has 0 amide bonds. The molecular weight excluding hydrogens is 715 g/mol. The van der Waals surface area contributed by atoms with Crippen LogP contribution in [0.25, 0.3) is 44.2 Å². The Morgan fingerprint density at radius 3 is 1.69 bits per heavy atom. The highest BCUT2D eigenvalue weighted by Crippen LogP contribution is 2.73. The van der Waals surface area contributed by atoms with Crippen molar-refractivity contribution >= 4 is 39.0 Å². The lowest BCUT2D eigenvalue weighted by Crippen LogP contribution is -2.49. The molecule has 272 valence electrons. The van der Waals surface area contributed by atoms with E-state index in [0.29, 0.717) is 0 Å². The molecule has 2 bridgehead atoms. The minimum absolute atomic E-state index is 0.152. The SMILES string of the molecule is c1ccc(-c2cc3c4c(c2)C25c6ccccc6C(c6ccccc62)c2cccc(c25)N4c2cc4oc5ccccc5c4cc2C32c3ccccc3-c3ccccc32)cc1. The Labute approximate surface area is 341 Å². The quantitative estimate of drug-likeness (QED) is 0.166. The van der Waals surface area contributed by atoms with Crippen LogP contribution in [0.2, 0.25) is 0 Å². The van der Waals surface area contributed by atoms with E-state index in [1.807, 2.05) is 0 Å². The van der Waals surface area contributed by atoms with E-state index in [1.54, 1.807) is 0 Å². The summed E-state index contributed by atoms with van der Waals surface area (Å²) in [7, 11) is 0. The zero-order chi connectivity index (χ0) is 38.2. The maximum absolute atomic E-state index is 6.79. The zero-order valence-corrected chi connectivity index (χ0v) is 31.9. The molecule has 2 nitrogen and oxygen atoms in total. The highest BCUT2D eigenvalue weighted by atomic mass is 16.3. The van der Waals surface area contributed by atoms with Gasteiger partial charge in [0.1, 0.15) is 11.2 Å². The van der Waals surface area contributed by atoms with Gasteiger partial charge in [0, 0.05) is 22.8 Å². The van der Waals surface area contributed by atoms with Gasteiger partial charge in [-0.15, -0.1) is 0 Å². The number of nitrogens with zero attached hydrogens (tertiary/aromatic N) is 1. The fourth-order valence-electron chi connectivity index (χ4n) is 12.7. The summed E-state index contributed by atoms with van der Waals surface area (Å²) in [5, 5.41) is 2.29. The van der Waals surface area contributed by atoms with Crippen molar-refractivity contribution in [3.05, 3.63) is 255 Å². The number of hydrogen-bond donors (Lipinski definition) is 0. The second-order valence-corrected chi connectivity index (χ2v) is 17.0. The summed E-state index contributed by atoms with van der Waals surface area (Å²) < 4.78 is 6.79. The maximum atomic E-state index is 6.79. The first kappa shape index (κ1) is 30.7. The Balaban J connectivity index is 1.22. The molecule has 0 saturated heterocycles. The zero-order valence-electron chi connectivity index (χ0n) is 31.9. The number of fused-ring (bicyclic) bond motifs is 13. The van der Waals surface area contributed by atoms with Crippen molar-refractivity contribution in [3.8, 4) is 22.3 Å². The molecule has 3 heterocycles. The number of furan rings is 1. The van der Waals surface area contributed by atoms with Gasteiger partial charge in [0.25, 0.3) is 0 Å². The van der Waals surface area contributed by atoms with Crippen molar-refractivity contribution in [1.29, 1.82) is 0 Å². The Morgan fingerprint density at radius 2 is 0.966 bits per heavy atom. The molecule has 10 aromatic rings. The summed E-state index contributed by atoms with van der Waals surface area (Å²) in [6, 6.07) is 73.7. The minimum Gasteiger partial charge on any atom is -0.456 e. The van der Waals surface area contributed by atoms with E-state index in [2.05, 4.69) is 199 Å². The fraction of sp³-hybridized carbons (Fsp3) is 0.0526. The highest BCUT2D eigenvalue weighted by Gasteiger charge is 2.61. The van der Waals surface area contributed by atoms with E-state index < -0.39 is 10.8 Å². The molecule has 59 heavy (non-hydrogen) atoms. The molecule has 6 aliphatic rings. The van der Waals surface area contributed by atoms with Crippen LogP contribution in [0.1, 0.15) is 67.1 Å². The Kier molecular flexibility index (Phi) is 5.38. The molecule has 2 aliphatic heterocycles. The summed E-state index contributed by atoms with van der Waals surface area (Å²) in [4.78, 5) is 2.65. The average molecular weight is 748 g/mol. The molecule has 2 heteroatoms. The first-order chi connectivity index (χ1) is 29.3. The number of anilines is 3. The summed E-state index contributed by atoms with van der Waals surface area (Å²) >= 11 is 0. The van der Waals surface area contributed by atoms with Gasteiger partial charge in [-0.1, -0.05) is 158 Å². The molecule has 4 aliphatic carbocycles.